The molecule has 0 aliphatic carbocycles. The SMILES string of the molecule is NC1CCN([C@H]2C[C@@H](c3ccccc3)[C@@H](C(=O)Cc3ccc(C(=O)O)cc3)N(C(=O)/C=C/c3cc(Cl)ccc3-n3cnnn3)C2)CC1. The van der Waals surface area contributed by atoms with Crippen molar-refractivity contribution in [1.82, 2.24) is 30.0 Å². The number of nitrogens with two attached hydrogens (primary N) is 1. The number of likely N-dealkylation sites (tertiary alicyclic amines) is 2. The van der Waals surface area contributed by atoms with Gasteiger partial charge in [0.15, 0.2) is 5.78 Å². The van der Waals surface area contributed by atoms with Gasteiger partial charge in [-0.15, -0.1) is 5.10 Å². The number of carbonyl (C=O) groups excluding carboxylic acids is 2. The molecule has 0 spiro atoms. The molecule has 6 rings (SSSR count). The molecule has 2 aliphatic heterocycles. The Hall–Kier alpha value is -4.71. The van der Waals surface area contributed by atoms with Gasteiger partial charge in [0, 0.05) is 47.6 Å². The molecular weight excluding hydrogens is 618 g/mol. The first-order chi connectivity index (χ1) is 22.8. The van der Waals surface area contributed by atoms with Crippen LogP contribution < -0.4 is 5.73 Å². The fourth-order valence-corrected chi connectivity index (χ4v) is 6.89. The third-order valence-corrected chi connectivity index (χ3v) is 9.39. The molecular formula is C35H36ClN7O4. The van der Waals surface area contributed by atoms with Crippen molar-refractivity contribution >= 4 is 35.3 Å². The van der Waals surface area contributed by atoms with Crippen molar-refractivity contribution in [3.63, 3.8) is 0 Å². The normalized spacial score (nSPS) is 20.8. The van der Waals surface area contributed by atoms with E-state index in [1.54, 1.807) is 41.3 Å². The number of aromatic nitrogens is 4. The molecule has 2 saturated heterocycles. The molecule has 2 aliphatic rings. The van der Waals surface area contributed by atoms with Gasteiger partial charge in [0.05, 0.1) is 17.3 Å². The summed E-state index contributed by atoms with van der Waals surface area (Å²) in [7, 11) is 0. The molecule has 3 aromatic carbocycles. The standard InChI is InChI=1S/C35H36ClN7O4/c36-27-11-12-31(43-22-38-39-40-43)26(19-27)10-13-33(45)42-21-29(41-16-14-28(37)15-17-41)20-30(24-4-2-1-3-5-24)34(42)32(44)18-23-6-8-25(9-7-23)35(46)47/h1-13,19,22,28-30,34H,14-18,20-21,37H2,(H,46,47)/b13-10+/t29-,30-,34-/m0/s1. The minimum absolute atomic E-state index is 0.0342. The molecule has 0 unspecified atom stereocenters. The van der Waals surface area contributed by atoms with Gasteiger partial charge in [0.1, 0.15) is 6.33 Å². The Bertz CT molecular complexity index is 1740. The molecule has 3 atom stereocenters. The summed E-state index contributed by atoms with van der Waals surface area (Å²) in [4.78, 5) is 44.2. The number of rotatable bonds is 9. The van der Waals surface area contributed by atoms with Crippen molar-refractivity contribution in [3.05, 3.63) is 112 Å². The largest absolute Gasteiger partial charge is 0.478 e. The number of nitrogens with zero attached hydrogens (tertiary/aromatic N) is 6. The molecule has 1 aromatic heterocycles. The van der Waals surface area contributed by atoms with E-state index in [1.807, 2.05) is 30.3 Å². The van der Waals surface area contributed by atoms with Gasteiger partial charge in [0.2, 0.25) is 5.91 Å². The van der Waals surface area contributed by atoms with E-state index in [-0.39, 0.29) is 41.7 Å². The van der Waals surface area contributed by atoms with Crippen molar-refractivity contribution < 1.29 is 19.5 Å². The molecule has 0 bridgehead atoms. The van der Waals surface area contributed by atoms with E-state index in [2.05, 4.69) is 20.4 Å². The highest BCUT2D eigenvalue weighted by molar-refractivity contribution is 6.30. The van der Waals surface area contributed by atoms with Crippen molar-refractivity contribution in [2.24, 2.45) is 5.73 Å². The van der Waals surface area contributed by atoms with E-state index in [1.165, 1.54) is 29.2 Å². The van der Waals surface area contributed by atoms with E-state index >= 15 is 0 Å². The number of aromatic carboxylic acids is 1. The fraction of sp³-hybridized carbons (Fsp3) is 0.314. The maximum Gasteiger partial charge on any atom is 0.335 e. The second-order valence-electron chi connectivity index (χ2n) is 12.2. The lowest BCUT2D eigenvalue weighted by Crippen LogP contribution is -2.60. The number of hydrogen-bond acceptors (Lipinski definition) is 8. The quantitative estimate of drug-likeness (QED) is 0.256. The first kappa shape index (κ1) is 32.2. The lowest BCUT2D eigenvalue weighted by atomic mass is 9.77. The summed E-state index contributed by atoms with van der Waals surface area (Å²) >= 11 is 6.33. The van der Waals surface area contributed by atoms with Gasteiger partial charge in [-0.25, -0.2) is 4.79 Å². The van der Waals surface area contributed by atoms with Crippen molar-refractivity contribution in [1.29, 1.82) is 0 Å². The summed E-state index contributed by atoms with van der Waals surface area (Å²) in [6.07, 6.45) is 7.15. The molecule has 11 nitrogen and oxygen atoms in total. The lowest BCUT2D eigenvalue weighted by Gasteiger charge is -2.48. The smallest absolute Gasteiger partial charge is 0.335 e. The maximum absolute atomic E-state index is 14.3. The Morgan fingerprint density at radius 1 is 1.00 bits per heavy atom. The van der Waals surface area contributed by atoms with Crippen LogP contribution in [0.2, 0.25) is 5.02 Å². The highest BCUT2D eigenvalue weighted by Crippen LogP contribution is 2.37. The van der Waals surface area contributed by atoms with E-state index in [0.29, 0.717) is 34.8 Å². The van der Waals surface area contributed by atoms with Crippen LogP contribution in [0.1, 0.15) is 52.2 Å². The highest BCUT2D eigenvalue weighted by Gasteiger charge is 2.44. The van der Waals surface area contributed by atoms with Crippen molar-refractivity contribution in [2.75, 3.05) is 19.6 Å². The zero-order valence-electron chi connectivity index (χ0n) is 25.7. The molecule has 47 heavy (non-hydrogen) atoms. The van der Waals surface area contributed by atoms with Crippen LogP contribution in [-0.2, 0) is 16.0 Å². The average Bonchev–Trinajstić information content (AvgIpc) is 3.62. The van der Waals surface area contributed by atoms with Gasteiger partial charge in [-0.2, -0.15) is 4.68 Å². The Kier molecular flexibility index (Phi) is 9.86. The third-order valence-electron chi connectivity index (χ3n) is 9.15. The van der Waals surface area contributed by atoms with E-state index < -0.39 is 12.0 Å². The van der Waals surface area contributed by atoms with Gasteiger partial charge in [-0.3, -0.25) is 14.5 Å². The zero-order chi connectivity index (χ0) is 32.9. The second-order valence-corrected chi connectivity index (χ2v) is 12.6. The van der Waals surface area contributed by atoms with Gasteiger partial charge in [-0.1, -0.05) is 54.1 Å². The fourth-order valence-electron chi connectivity index (χ4n) is 6.71. The van der Waals surface area contributed by atoms with Crippen molar-refractivity contribution in [3.8, 4) is 5.69 Å². The molecule has 4 aromatic rings. The predicted octanol–water partition coefficient (Wildman–Crippen LogP) is 4.02. The highest BCUT2D eigenvalue weighted by atomic mass is 35.5. The van der Waals surface area contributed by atoms with Crippen LogP contribution in [0.3, 0.4) is 0 Å². The summed E-state index contributed by atoms with van der Waals surface area (Å²) in [6.45, 7) is 2.04. The van der Waals surface area contributed by atoms with Crippen molar-refractivity contribution in [2.45, 2.75) is 49.7 Å². The number of tetrazole rings is 1. The monoisotopic (exact) mass is 653 g/mol. The minimum atomic E-state index is -1.03. The molecule has 2 fully saturated rings. The number of carboxylic acids is 1. The number of halogens is 1. The Morgan fingerprint density at radius 3 is 2.43 bits per heavy atom. The lowest BCUT2D eigenvalue weighted by molar-refractivity contribution is -0.140. The summed E-state index contributed by atoms with van der Waals surface area (Å²) < 4.78 is 1.49. The van der Waals surface area contributed by atoms with Crippen LogP contribution in [0.4, 0.5) is 0 Å². The maximum atomic E-state index is 14.3. The van der Waals surface area contributed by atoms with Crippen LogP contribution in [0.15, 0.2) is 85.2 Å². The van der Waals surface area contributed by atoms with Gasteiger partial charge >= 0.3 is 5.97 Å². The van der Waals surface area contributed by atoms with E-state index in [0.717, 1.165) is 31.5 Å². The number of piperidine rings is 2. The van der Waals surface area contributed by atoms with Crippen LogP contribution in [0, 0.1) is 0 Å². The number of carboxylic acid groups (broad SMARTS) is 1. The first-order valence-electron chi connectivity index (χ1n) is 15.7. The molecule has 3 heterocycles. The van der Waals surface area contributed by atoms with Crippen LogP contribution in [0.5, 0.6) is 0 Å². The molecule has 242 valence electrons. The zero-order valence-corrected chi connectivity index (χ0v) is 26.5. The number of benzene rings is 3. The van der Waals surface area contributed by atoms with Gasteiger partial charge < -0.3 is 15.7 Å². The van der Waals surface area contributed by atoms with Gasteiger partial charge in [0.25, 0.3) is 0 Å². The van der Waals surface area contributed by atoms with Crippen LogP contribution in [-0.4, -0.2) is 90.5 Å². The predicted molar refractivity (Wildman–Crippen MR) is 177 cm³/mol. The molecule has 0 saturated carbocycles. The van der Waals surface area contributed by atoms with Gasteiger partial charge in [-0.05, 0) is 90.3 Å². The number of ketones is 1. The Balaban J connectivity index is 1.36. The second kappa shape index (κ2) is 14.4. The number of hydrogen-bond donors (Lipinski definition) is 2. The molecule has 12 heteroatoms. The average molecular weight is 654 g/mol. The summed E-state index contributed by atoms with van der Waals surface area (Å²) in [5.74, 6) is -1.70. The Morgan fingerprint density at radius 2 is 1.74 bits per heavy atom. The Labute approximate surface area is 277 Å². The number of amides is 1. The summed E-state index contributed by atoms with van der Waals surface area (Å²) in [5.41, 5.74) is 9.34. The topological polar surface area (TPSA) is 148 Å². The number of carbonyl (C=O) groups is 3. The molecule has 1 amide bonds. The van der Waals surface area contributed by atoms with Crippen LogP contribution in [0.25, 0.3) is 11.8 Å². The van der Waals surface area contributed by atoms with E-state index in [4.69, 9.17) is 17.3 Å². The minimum Gasteiger partial charge on any atom is -0.478 e. The third kappa shape index (κ3) is 7.48. The van der Waals surface area contributed by atoms with Crippen LogP contribution >= 0.6 is 11.6 Å². The number of Topliss-reactive ketones (excluding diaryl/α,β-unsaturated/α-hetero) is 1. The summed E-state index contributed by atoms with van der Waals surface area (Å²) in [5, 5.41) is 21.3. The molecule has 3 N–H and O–H groups in total. The molecule has 0 radical (unpaired) electrons. The van der Waals surface area contributed by atoms with E-state index in [9.17, 15) is 19.5 Å². The first-order valence-corrected chi connectivity index (χ1v) is 16.1. The summed E-state index contributed by atoms with van der Waals surface area (Å²) in [6, 6.07) is 20.9.